The van der Waals surface area contributed by atoms with Crippen LogP contribution in [0.2, 0.25) is 0 Å². The van der Waals surface area contributed by atoms with Crippen molar-refractivity contribution >= 4 is 0 Å². The third-order valence-corrected chi connectivity index (χ3v) is 3.78. The minimum atomic E-state index is 0. The summed E-state index contributed by atoms with van der Waals surface area (Å²) >= 11 is 0. The second-order valence-electron chi connectivity index (χ2n) is 6.76. The van der Waals surface area contributed by atoms with E-state index in [4.69, 9.17) is 0 Å². The summed E-state index contributed by atoms with van der Waals surface area (Å²) in [5.74, 6) is 0. The van der Waals surface area contributed by atoms with Crippen LogP contribution >= 0.6 is 0 Å². The number of unbranched alkanes of at least 4 members (excludes halogenated alkanes) is 8. The molecule has 0 aliphatic rings. The maximum absolute atomic E-state index is 3.62. The summed E-state index contributed by atoms with van der Waals surface area (Å²) in [7, 11) is 0. The van der Waals surface area contributed by atoms with Crippen molar-refractivity contribution in [2.75, 3.05) is 0 Å². The third-order valence-electron chi connectivity index (χ3n) is 3.78. The van der Waals surface area contributed by atoms with E-state index in [0.717, 1.165) is 51.4 Å². The molecule has 0 aromatic heterocycles. The van der Waals surface area contributed by atoms with Gasteiger partial charge in [0, 0.05) is 0 Å². The zero-order valence-corrected chi connectivity index (χ0v) is 23.1. The summed E-state index contributed by atoms with van der Waals surface area (Å²) in [5.41, 5.74) is 0. The summed E-state index contributed by atoms with van der Waals surface area (Å²) < 4.78 is 0. The van der Waals surface area contributed by atoms with Gasteiger partial charge in [-0.2, -0.15) is 0 Å². The molecule has 0 aromatic carbocycles. The van der Waals surface area contributed by atoms with Crippen LogP contribution in [0.5, 0.6) is 0 Å². The molecule has 1 heteroatoms. The van der Waals surface area contributed by atoms with E-state index >= 15 is 0 Å². The number of hydrogen-bond donors (Lipinski definition) is 0. The van der Waals surface area contributed by atoms with E-state index in [-0.39, 0.29) is 21.7 Å². The number of hydrogen-bond acceptors (Lipinski definition) is 0. The molecule has 184 valence electrons. The van der Waals surface area contributed by atoms with Crippen molar-refractivity contribution in [1.29, 1.82) is 0 Å². The van der Waals surface area contributed by atoms with Crippen molar-refractivity contribution in [3.8, 4) is 0 Å². The van der Waals surface area contributed by atoms with Gasteiger partial charge in [-0.05, 0) is 25.7 Å². The fraction of sp³-hybridized carbons (Fsp3) is 0.375. The van der Waals surface area contributed by atoms with Gasteiger partial charge in [0.2, 0.25) is 0 Å². The molecule has 0 radical (unpaired) electrons. The molecule has 0 bridgehead atoms. The fourth-order valence-electron chi connectivity index (χ4n) is 1.99. The Hall–Kier alpha value is -1.89. The van der Waals surface area contributed by atoms with E-state index in [2.05, 4.69) is 78.3 Å². The smallest absolute Gasteiger partial charge is 0.245 e. The molecule has 0 aromatic rings. The molecule has 0 N–H and O–H groups in total. The van der Waals surface area contributed by atoms with E-state index in [0.29, 0.717) is 0 Å². The average molecular weight is 485 g/mol. The van der Waals surface area contributed by atoms with Gasteiger partial charge in [-0.15, -0.1) is 52.0 Å². The maximum Gasteiger partial charge on any atom is 4.00 e. The van der Waals surface area contributed by atoms with E-state index in [1.54, 1.807) is 0 Å². The van der Waals surface area contributed by atoms with Gasteiger partial charge in [-0.3, -0.25) is 0 Å². The predicted octanol–water partition coefficient (Wildman–Crippen LogP) is 10.9. The van der Waals surface area contributed by atoms with Crippen LogP contribution in [0.15, 0.2) is 99.2 Å². The SMILES string of the molecule is C=CCCCC=C[CH2-].C=CCCCC=C[CH2-].C=CCCCC=C[CH2-].C=CCCCC=C[CH2-].[Ti+4]. The summed E-state index contributed by atoms with van der Waals surface area (Å²) in [5, 5.41) is 0. The molecule has 0 unspecified atom stereocenters. The standard InChI is InChI=1S/4C8H13.Ti/c4*1-3-5-7-8-6-4-2;/h4*3-5H,1-2,6-8H2;/q4*-1;+4. The van der Waals surface area contributed by atoms with E-state index < -0.39 is 0 Å². The summed E-state index contributed by atoms with van der Waals surface area (Å²) in [4.78, 5) is 0. The molecule has 0 aliphatic heterocycles. The van der Waals surface area contributed by atoms with Gasteiger partial charge < -0.3 is 0 Å². The van der Waals surface area contributed by atoms with Crippen LogP contribution in [0.3, 0.4) is 0 Å². The van der Waals surface area contributed by atoms with E-state index in [1.807, 2.05) is 48.6 Å². The average Bonchev–Trinajstić information content (AvgIpc) is 2.82. The quantitative estimate of drug-likeness (QED) is 0.0884. The van der Waals surface area contributed by atoms with Crippen LogP contribution < -0.4 is 0 Å². The van der Waals surface area contributed by atoms with Crippen molar-refractivity contribution in [3.63, 3.8) is 0 Å². The Labute approximate surface area is 225 Å². The Morgan fingerprint density at radius 3 is 0.667 bits per heavy atom. The molecule has 0 saturated heterocycles. The molecule has 0 amide bonds. The predicted molar refractivity (Wildman–Crippen MR) is 154 cm³/mol. The second kappa shape index (κ2) is 52.2. The van der Waals surface area contributed by atoms with Crippen LogP contribution in [-0.2, 0) is 21.7 Å². The van der Waals surface area contributed by atoms with Crippen molar-refractivity contribution < 1.29 is 21.7 Å². The van der Waals surface area contributed by atoms with Crippen molar-refractivity contribution in [1.82, 2.24) is 0 Å². The number of allylic oxidation sites excluding steroid dienone is 12. The maximum atomic E-state index is 3.62. The van der Waals surface area contributed by atoms with Gasteiger partial charge in [-0.1, -0.05) is 50.0 Å². The largest absolute Gasteiger partial charge is 4.00 e. The first-order valence-electron chi connectivity index (χ1n) is 11.9. The molecule has 0 spiro atoms. The van der Waals surface area contributed by atoms with E-state index in [9.17, 15) is 0 Å². The van der Waals surface area contributed by atoms with Crippen LogP contribution in [0.4, 0.5) is 0 Å². The van der Waals surface area contributed by atoms with Gasteiger partial charge in [-0.25, -0.2) is 76.3 Å². The molecular weight excluding hydrogens is 432 g/mol. The molecular formula is C32H52Ti. The van der Waals surface area contributed by atoms with Gasteiger partial charge in [0.05, 0.1) is 0 Å². The zero-order valence-electron chi connectivity index (χ0n) is 21.6. The molecule has 0 aliphatic carbocycles. The van der Waals surface area contributed by atoms with Crippen LogP contribution in [-0.4, -0.2) is 0 Å². The first-order valence-corrected chi connectivity index (χ1v) is 11.9. The Bertz CT molecular complexity index is 375. The van der Waals surface area contributed by atoms with Gasteiger partial charge >= 0.3 is 21.7 Å². The fourth-order valence-corrected chi connectivity index (χ4v) is 1.99. The summed E-state index contributed by atoms with van der Waals surface area (Å²) in [6, 6.07) is 0. The zero-order chi connectivity index (χ0) is 25.0. The monoisotopic (exact) mass is 484 g/mol. The Morgan fingerprint density at radius 2 is 0.545 bits per heavy atom. The van der Waals surface area contributed by atoms with Gasteiger partial charge in [0.15, 0.2) is 0 Å². The Morgan fingerprint density at radius 1 is 0.364 bits per heavy atom. The van der Waals surface area contributed by atoms with Crippen LogP contribution in [0.25, 0.3) is 0 Å². The van der Waals surface area contributed by atoms with Crippen molar-refractivity contribution in [2.45, 2.75) is 77.0 Å². The molecule has 0 heterocycles. The van der Waals surface area contributed by atoms with Crippen LogP contribution in [0.1, 0.15) is 77.0 Å². The van der Waals surface area contributed by atoms with Gasteiger partial charge in [0.25, 0.3) is 0 Å². The molecule has 0 atom stereocenters. The van der Waals surface area contributed by atoms with Gasteiger partial charge in [0.1, 0.15) is 0 Å². The minimum Gasteiger partial charge on any atom is -0.245 e. The first-order chi connectivity index (χ1) is 15.7. The summed E-state index contributed by atoms with van der Waals surface area (Å²) in [6.07, 6.45) is 37.2. The van der Waals surface area contributed by atoms with E-state index in [1.165, 1.54) is 25.7 Å². The molecule has 0 rings (SSSR count). The Balaban J connectivity index is -0.000000105. The normalized spacial score (nSPS) is 9.70. The Kier molecular flexibility index (Phi) is 65.4. The van der Waals surface area contributed by atoms with Crippen molar-refractivity contribution in [3.05, 3.63) is 127 Å². The van der Waals surface area contributed by atoms with Crippen LogP contribution in [0, 0.1) is 27.7 Å². The first kappa shape index (κ1) is 41.4. The second-order valence-corrected chi connectivity index (χ2v) is 6.76. The van der Waals surface area contributed by atoms with Crippen molar-refractivity contribution in [2.24, 2.45) is 0 Å². The molecule has 0 nitrogen and oxygen atoms in total. The summed E-state index contributed by atoms with van der Waals surface area (Å²) in [6.45, 7) is 28.8. The minimum absolute atomic E-state index is 0. The molecule has 0 fully saturated rings. The molecule has 0 saturated carbocycles. The molecule has 33 heavy (non-hydrogen) atoms. The number of rotatable bonds is 16. The topological polar surface area (TPSA) is 0 Å². The third kappa shape index (κ3) is 72.5.